The van der Waals surface area contributed by atoms with Gasteiger partial charge in [0.05, 0.1) is 13.2 Å². The lowest BCUT2D eigenvalue weighted by molar-refractivity contribution is -0.165. The molecule has 0 aromatic carbocycles. The smallest absolute Gasteiger partial charge is 0.168 e. The molecule has 2 heteroatoms. The molecule has 0 aromatic heterocycles. The minimum Gasteiger partial charge on any atom is -0.348 e. The summed E-state index contributed by atoms with van der Waals surface area (Å²) in [7, 11) is 0. The summed E-state index contributed by atoms with van der Waals surface area (Å²) in [6.07, 6.45) is 7.10. The molecule has 0 amide bonds. The van der Waals surface area contributed by atoms with Gasteiger partial charge in [-0.2, -0.15) is 0 Å². The van der Waals surface area contributed by atoms with E-state index < -0.39 is 0 Å². The Bertz CT molecular complexity index is 229. The van der Waals surface area contributed by atoms with Gasteiger partial charge in [-0.25, -0.2) is 0 Å². The SMILES string of the molecule is C=C(C)CC1CCCC2(CC1)OCCO2. The molecule has 2 fully saturated rings. The second-order valence-electron chi connectivity index (χ2n) is 5.07. The molecule has 0 aromatic rings. The number of allylic oxidation sites excluding steroid dienone is 1. The molecule has 15 heavy (non-hydrogen) atoms. The Morgan fingerprint density at radius 3 is 2.67 bits per heavy atom. The molecule has 1 saturated heterocycles. The van der Waals surface area contributed by atoms with E-state index in [1.807, 2.05) is 0 Å². The van der Waals surface area contributed by atoms with Crippen molar-refractivity contribution in [3.05, 3.63) is 12.2 Å². The standard InChI is InChI=1S/C13H22O2/c1-11(2)10-12-4-3-6-13(7-5-12)14-8-9-15-13/h12H,1,3-10H2,2H3. The molecule has 1 saturated carbocycles. The number of hydrogen-bond acceptors (Lipinski definition) is 2. The molecule has 0 radical (unpaired) electrons. The Morgan fingerprint density at radius 1 is 1.27 bits per heavy atom. The summed E-state index contributed by atoms with van der Waals surface area (Å²) in [5, 5.41) is 0. The van der Waals surface area contributed by atoms with Gasteiger partial charge in [-0.05, 0) is 38.5 Å². The minimum absolute atomic E-state index is 0.205. The molecule has 1 aliphatic heterocycles. The van der Waals surface area contributed by atoms with Crippen molar-refractivity contribution in [1.82, 2.24) is 0 Å². The molecule has 1 atom stereocenters. The largest absolute Gasteiger partial charge is 0.348 e. The second kappa shape index (κ2) is 4.67. The number of rotatable bonds is 2. The first kappa shape index (κ1) is 11.2. The predicted octanol–water partition coefficient (Wildman–Crippen LogP) is 3.28. The van der Waals surface area contributed by atoms with E-state index in [0.717, 1.165) is 32.0 Å². The van der Waals surface area contributed by atoms with Gasteiger partial charge in [0.15, 0.2) is 5.79 Å². The van der Waals surface area contributed by atoms with Crippen LogP contribution in [0, 0.1) is 5.92 Å². The maximum atomic E-state index is 5.77. The number of ether oxygens (including phenoxy) is 2. The lowest BCUT2D eigenvalue weighted by Gasteiger charge is -2.25. The summed E-state index contributed by atoms with van der Waals surface area (Å²) in [5.74, 6) is 0.596. The molecule has 0 bridgehead atoms. The maximum Gasteiger partial charge on any atom is 0.168 e. The maximum absolute atomic E-state index is 5.77. The summed E-state index contributed by atoms with van der Waals surface area (Å²) in [4.78, 5) is 0. The van der Waals surface area contributed by atoms with Gasteiger partial charge >= 0.3 is 0 Å². The van der Waals surface area contributed by atoms with Crippen LogP contribution in [0.1, 0.15) is 45.4 Å². The van der Waals surface area contributed by atoms with Crippen LogP contribution >= 0.6 is 0 Å². The highest BCUT2D eigenvalue weighted by Crippen LogP contribution is 2.38. The van der Waals surface area contributed by atoms with Crippen LogP contribution in [0.25, 0.3) is 0 Å². The van der Waals surface area contributed by atoms with E-state index in [-0.39, 0.29) is 5.79 Å². The lowest BCUT2D eigenvalue weighted by Crippen LogP contribution is -2.29. The molecule has 1 aliphatic carbocycles. The van der Waals surface area contributed by atoms with E-state index in [0.29, 0.717) is 0 Å². The van der Waals surface area contributed by atoms with E-state index in [9.17, 15) is 0 Å². The van der Waals surface area contributed by atoms with Gasteiger partial charge in [0.2, 0.25) is 0 Å². The Kier molecular flexibility index (Phi) is 3.47. The number of hydrogen-bond donors (Lipinski definition) is 0. The summed E-state index contributed by atoms with van der Waals surface area (Å²) >= 11 is 0. The van der Waals surface area contributed by atoms with Crippen molar-refractivity contribution in [1.29, 1.82) is 0 Å². The molecule has 1 unspecified atom stereocenters. The average Bonchev–Trinajstić information content (AvgIpc) is 2.53. The summed E-state index contributed by atoms with van der Waals surface area (Å²) < 4.78 is 11.5. The van der Waals surface area contributed by atoms with Crippen molar-refractivity contribution >= 4 is 0 Å². The van der Waals surface area contributed by atoms with Crippen LogP contribution in [0.5, 0.6) is 0 Å². The molecule has 1 heterocycles. The third kappa shape index (κ3) is 2.82. The molecule has 2 aliphatic rings. The van der Waals surface area contributed by atoms with Gasteiger partial charge in [-0.1, -0.05) is 5.57 Å². The van der Waals surface area contributed by atoms with E-state index in [1.54, 1.807) is 0 Å². The van der Waals surface area contributed by atoms with Crippen LogP contribution < -0.4 is 0 Å². The van der Waals surface area contributed by atoms with E-state index in [4.69, 9.17) is 9.47 Å². The van der Waals surface area contributed by atoms with Gasteiger partial charge in [0, 0.05) is 12.8 Å². The molecule has 2 rings (SSSR count). The van der Waals surface area contributed by atoms with Crippen LogP contribution in [0.2, 0.25) is 0 Å². The highest BCUT2D eigenvalue weighted by molar-refractivity contribution is 4.92. The summed E-state index contributed by atoms with van der Waals surface area (Å²) in [6, 6.07) is 0. The fourth-order valence-electron chi connectivity index (χ4n) is 2.84. The van der Waals surface area contributed by atoms with Gasteiger partial charge in [-0.3, -0.25) is 0 Å². The highest BCUT2D eigenvalue weighted by atomic mass is 16.7. The first-order valence-electron chi connectivity index (χ1n) is 6.12. The van der Waals surface area contributed by atoms with E-state index in [2.05, 4.69) is 13.5 Å². The van der Waals surface area contributed by atoms with Crippen molar-refractivity contribution in [3.8, 4) is 0 Å². The first-order valence-corrected chi connectivity index (χ1v) is 6.12. The van der Waals surface area contributed by atoms with Crippen LogP contribution in [0.15, 0.2) is 12.2 Å². The molecule has 86 valence electrons. The van der Waals surface area contributed by atoms with E-state index in [1.165, 1.54) is 31.3 Å². The van der Waals surface area contributed by atoms with Crippen molar-refractivity contribution in [2.24, 2.45) is 5.92 Å². The minimum atomic E-state index is -0.205. The Morgan fingerprint density at radius 2 is 2.00 bits per heavy atom. The Balaban J connectivity index is 1.88. The third-order valence-corrected chi connectivity index (χ3v) is 3.55. The van der Waals surface area contributed by atoms with Gasteiger partial charge in [-0.15, -0.1) is 6.58 Å². The fraction of sp³-hybridized carbons (Fsp3) is 0.846. The van der Waals surface area contributed by atoms with Gasteiger partial charge in [0.25, 0.3) is 0 Å². The fourth-order valence-corrected chi connectivity index (χ4v) is 2.84. The summed E-state index contributed by atoms with van der Waals surface area (Å²) in [5.41, 5.74) is 1.31. The Hall–Kier alpha value is -0.340. The zero-order chi connectivity index (χ0) is 10.7. The molecule has 2 nitrogen and oxygen atoms in total. The first-order chi connectivity index (χ1) is 7.20. The van der Waals surface area contributed by atoms with Crippen LogP contribution in [0.3, 0.4) is 0 Å². The van der Waals surface area contributed by atoms with Crippen molar-refractivity contribution in [2.75, 3.05) is 13.2 Å². The third-order valence-electron chi connectivity index (χ3n) is 3.55. The lowest BCUT2D eigenvalue weighted by atomic mass is 9.93. The van der Waals surface area contributed by atoms with Crippen LogP contribution in [-0.4, -0.2) is 19.0 Å². The second-order valence-corrected chi connectivity index (χ2v) is 5.07. The quantitative estimate of drug-likeness (QED) is 0.651. The van der Waals surface area contributed by atoms with E-state index >= 15 is 0 Å². The monoisotopic (exact) mass is 210 g/mol. The van der Waals surface area contributed by atoms with Crippen molar-refractivity contribution < 1.29 is 9.47 Å². The molecular weight excluding hydrogens is 188 g/mol. The van der Waals surface area contributed by atoms with Gasteiger partial charge in [0.1, 0.15) is 0 Å². The molecule has 1 spiro atoms. The van der Waals surface area contributed by atoms with Crippen molar-refractivity contribution in [2.45, 2.75) is 51.2 Å². The summed E-state index contributed by atoms with van der Waals surface area (Å²) in [6.45, 7) is 7.70. The zero-order valence-corrected chi connectivity index (χ0v) is 9.76. The zero-order valence-electron chi connectivity index (χ0n) is 9.76. The van der Waals surface area contributed by atoms with Gasteiger partial charge < -0.3 is 9.47 Å². The van der Waals surface area contributed by atoms with Crippen LogP contribution in [-0.2, 0) is 9.47 Å². The highest BCUT2D eigenvalue weighted by Gasteiger charge is 2.38. The topological polar surface area (TPSA) is 18.5 Å². The van der Waals surface area contributed by atoms with Crippen molar-refractivity contribution in [3.63, 3.8) is 0 Å². The Labute approximate surface area is 92.6 Å². The normalized spacial score (nSPS) is 30.3. The molecule has 0 N–H and O–H groups in total. The predicted molar refractivity (Wildman–Crippen MR) is 60.6 cm³/mol. The average molecular weight is 210 g/mol. The molecular formula is C13H22O2. The van der Waals surface area contributed by atoms with Crippen LogP contribution in [0.4, 0.5) is 0 Å².